The average molecular weight is 283 g/mol. The maximum Gasteiger partial charge on any atom is 0.114 e. The second-order valence-corrected chi connectivity index (χ2v) is 5.16. The lowest BCUT2D eigenvalue weighted by Crippen LogP contribution is -2.11. The van der Waals surface area contributed by atoms with E-state index in [-0.39, 0.29) is 6.04 Å². The van der Waals surface area contributed by atoms with Gasteiger partial charge in [-0.15, -0.1) is 11.3 Å². The van der Waals surface area contributed by atoms with Crippen LogP contribution >= 0.6 is 27.3 Å². The minimum Gasteiger partial charge on any atom is -0.318 e. The van der Waals surface area contributed by atoms with E-state index in [1.807, 2.05) is 36.6 Å². The Morgan fingerprint density at radius 3 is 2.53 bits per heavy atom. The van der Waals surface area contributed by atoms with Crippen LogP contribution in [0, 0.1) is 6.92 Å². The number of hydrogen-bond donors (Lipinski definition) is 1. The third-order valence-corrected chi connectivity index (χ3v) is 3.71. The zero-order valence-corrected chi connectivity index (χ0v) is 10.7. The van der Waals surface area contributed by atoms with Crippen LogP contribution in [-0.2, 0) is 0 Å². The molecule has 2 N–H and O–H groups in total. The fourth-order valence-electron chi connectivity index (χ4n) is 1.33. The highest BCUT2D eigenvalue weighted by atomic mass is 79.9. The third-order valence-electron chi connectivity index (χ3n) is 2.13. The van der Waals surface area contributed by atoms with Crippen LogP contribution in [0.5, 0.6) is 0 Å². The Bertz CT molecular complexity index is 450. The van der Waals surface area contributed by atoms with Gasteiger partial charge in [-0.25, -0.2) is 4.98 Å². The first-order chi connectivity index (χ1) is 7.16. The van der Waals surface area contributed by atoms with Gasteiger partial charge in [-0.3, -0.25) is 0 Å². The SMILES string of the molecule is Cc1csc([C@H](N)c2ccc(Br)cc2)n1. The predicted molar refractivity (Wildman–Crippen MR) is 67.0 cm³/mol. The quantitative estimate of drug-likeness (QED) is 0.918. The molecule has 0 spiro atoms. The lowest BCUT2D eigenvalue weighted by molar-refractivity contribution is 0.852. The van der Waals surface area contributed by atoms with Crippen molar-refractivity contribution in [3.05, 3.63) is 50.4 Å². The van der Waals surface area contributed by atoms with Crippen molar-refractivity contribution in [3.8, 4) is 0 Å². The lowest BCUT2D eigenvalue weighted by Gasteiger charge is -2.08. The summed E-state index contributed by atoms with van der Waals surface area (Å²) in [6.07, 6.45) is 0. The van der Waals surface area contributed by atoms with Crippen molar-refractivity contribution in [2.45, 2.75) is 13.0 Å². The molecule has 78 valence electrons. The molecule has 0 fully saturated rings. The largest absolute Gasteiger partial charge is 0.318 e. The summed E-state index contributed by atoms with van der Waals surface area (Å²) in [5.74, 6) is 0. The highest BCUT2D eigenvalue weighted by Gasteiger charge is 2.11. The van der Waals surface area contributed by atoms with Gasteiger partial charge in [0.05, 0.1) is 6.04 Å². The lowest BCUT2D eigenvalue weighted by atomic mass is 10.1. The van der Waals surface area contributed by atoms with Gasteiger partial charge < -0.3 is 5.73 Å². The number of aryl methyl sites for hydroxylation is 1. The van der Waals surface area contributed by atoms with E-state index in [9.17, 15) is 0 Å². The van der Waals surface area contributed by atoms with Crippen LogP contribution in [0.3, 0.4) is 0 Å². The molecule has 1 heterocycles. The molecule has 15 heavy (non-hydrogen) atoms. The molecule has 0 radical (unpaired) electrons. The second kappa shape index (κ2) is 4.43. The second-order valence-electron chi connectivity index (χ2n) is 3.36. The zero-order valence-electron chi connectivity index (χ0n) is 8.27. The van der Waals surface area contributed by atoms with Crippen LogP contribution in [-0.4, -0.2) is 4.98 Å². The Labute approximate surface area is 101 Å². The summed E-state index contributed by atoms with van der Waals surface area (Å²) in [6.45, 7) is 1.98. The molecule has 2 rings (SSSR count). The van der Waals surface area contributed by atoms with E-state index in [1.54, 1.807) is 11.3 Å². The topological polar surface area (TPSA) is 38.9 Å². The van der Waals surface area contributed by atoms with Gasteiger partial charge in [0, 0.05) is 15.5 Å². The first-order valence-corrected chi connectivity index (χ1v) is 6.27. The summed E-state index contributed by atoms with van der Waals surface area (Å²) in [5.41, 5.74) is 8.23. The smallest absolute Gasteiger partial charge is 0.114 e. The van der Waals surface area contributed by atoms with Crippen molar-refractivity contribution >= 4 is 27.3 Å². The Morgan fingerprint density at radius 2 is 2.00 bits per heavy atom. The summed E-state index contributed by atoms with van der Waals surface area (Å²) in [7, 11) is 0. The van der Waals surface area contributed by atoms with E-state index < -0.39 is 0 Å². The summed E-state index contributed by atoms with van der Waals surface area (Å²) >= 11 is 5.01. The number of nitrogens with two attached hydrogens (primary N) is 1. The van der Waals surface area contributed by atoms with E-state index in [4.69, 9.17) is 5.73 Å². The number of nitrogens with zero attached hydrogens (tertiary/aromatic N) is 1. The van der Waals surface area contributed by atoms with Crippen molar-refractivity contribution < 1.29 is 0 Å². The molecule has 2 nitrogen and oxygen atoms in total. The Balaban J connectivity index is 2.28. The van der Waals surface area contributed by atoms with Crippen LogP contribution in [0.15, 0.2) is 34.1 Å². The molecule has 1 atom stereocenters. The minimum absolute atomic E-state index is 0.114. The predicted octanol–water partition coefficient (Wildman–Crippen LogP) is 3.26. The molecule has 0 saturated carbocycles. The number of halogens is 1. The number of benzene rings is 1. The molecule has 0 saturated heterocycles. The van der Waals surface area contributed by atoms with Crippen LogP contribution in [0.2, 0.25) is 0 Å². The maximum atomic E-state index is 6.11. The summed E-state index contributed by atoms with van der Waals surface area (Å²) in [5, 5.41) is 2.99. The van der Waals surface area contributed by atoms with Crippen molar-refractivity contribution in [3.63, 3.8) is 0 Å². The van der Waals surface area contributed by atoms with E-state index >= 15 is 0 Å². The van der Waals surface area contributed by atoms with Crippen LogP contribution < -0.4 is 5.73 Å². The van der Waals surface area contributed by atoms with Crippen LogP contribution in [0.25, 0.3) is 0 Å². The zero-order chi connectivity index (χ0) is 10.8. The van der Waals surface area contributed by atoms with Gasteiger partial charge >= 0.3 is 0 Å². The molecule has 0 unspecified atom stereocenters. The van der Waals surface area contributed by atoms with E-state index in [2.05, 4.69) is 20.9 Å². The van der Waals surface area contributed by atoms with Gasteiger partial charge in [0.15, 0.2) is 0 Å². The van der Waals surface area contributed by atoms with E-state index in [0.29, 0.717) is 0 Å². The first kappa shape index (κ1) is 10.8. The fraction of sp³-hybridized carbons (Fsp3) is 0.182. The molecule has 4 heteroatoms. The number of hydrogen-bond acceptors (Lipinski definition) is 3. The molecule has 0 aliphatic carbocycles. The van der Waals surface area contributed by atoms with Crippen molar-refractivity contribution in [2.75, 3.05) is 0 Å². The summed E-state index contributed by atoms with van der Waals surface area (Å²) in [4.78, 5) is 4.39. The molecular formula is C11H11BrN2S. The third kappa shape index (κ3) is 2.45. The van der Waals surface area contributed by atoms with Gasteiger partial charge in [0.2, 0.25) is 0 Å². The normalized spacial score (nSPS) is 12.7. The Hall–Kier alpha value is -0.710. The first-order valence-electron chi connectivity index (χ1n) is 4.60. The average Bonchev–Trinajstić information content (AvgIpc) is 2.65. The number of aromatic nitrogens is 1. The number of thiazole rings is 1. The van der Waals surface area contributed by atoms with Crippen molar-refractivity contribution in [1.82, 2.24) is 4.98 Å². The Kier molecular flexibility index (Phi) is 3.19. The van der Waals surface area contributed by atoms with Gasteiger partial charge in [0.25, 0.3) is 0 Å². The van der Waals surface area contributed by atoms with Crippen LogP contribution in [0.4, 0.5) is 0 Å². The molecule has 0 aliphatic rings. The van der Waals surface area contributed by atoms with Gasteiger partial charge in [-0.2, -0.15) is 0 Å². The maximum absolute atomic E-state index is 6.11. The highest BCUT2D eigenvalue weighted by molar-refractivity contribution is 9.10. The molecule has 1 aromatic heterocycles. The summed E-state index contributed by atoms with van der Waals surface area (Å²) < 4.78 is 1.06. The van der Waals surface area contributed by atoms with Gasteiger partial charge in [-0.1, -0.05) is 28.1 Å². The van der Waals surface area contributed by atoms with E-state index in [0.717, 1.165) is 20.7 Å². The monoisotopic (exact) mass is 282 g/mol. The summed E-state index contributed by atoms with van der Waals surface area (Å²) in [6, 6.07) is 7.92. The number of rotatable bonds is 2. The molecular weight excluding hydrogens is 272 g/mol. The van der Waals surface area contributed by atoms with E-state index in [1.165, 1.54) is 0 Å². The highest BCUT2D eigenvalue weighted by Crippen LogP contribution is 2.23. The van der Waals surface area contributed by atoms with Gasteiger partial charge in [-0.05, 0) is 24.6 Å². The molecule has 1 aromatic carbocycles. The Morgan fingerprint density at radius 1 is 1.33 bits per heavy atom. The molecule has 2 aromatic rings. The van der Waals surface area contributed by atoms with Gasteiger partial charge in [0.1, 0.15) is 5.01 Å². The van der Waals surface area contributed by atoms with Crippen molar-refractivity contribution in [2.24, 2.45) is 5.73 Å². The molecule has 0 bridgehead atoms. The molecule has 0 aliphatic heterocycles. The molecule has 0 amide bonds. The minimum atomic E-state index is -0.114. The van der Waals surface area contributed by atoms with Crippen molar-refractivity contribution in [1.29, 1.82) is 0 Å². The standard InChI is InChI=1S/C11H11BrN2S/c1-7-6-15-11(14-7)10(13)8-2-4-9(12)5-3-8/h2-6,10H,13H2,1H3/t10-/m1/s1. The van der Waals surface area contributed by atoms with Crippen LogP contribution in [0.1, 0.15) is 22.3 Å². The fourth-order valence-corrected chi connectivity index (χ4v) is 2.42.